The molecule has 8 heteroatoms. The van der Waals surface area contributed by atoms with Crippen LogP contribution in [-0.2, 0) is 14.4 Å². The number of unbranched alkanes of at least 4 members (excludes halogenated alkanes) is 2. The minimum atomic E-state index is -1.26. The maximum atomic E-state index is 12.4. The van der Waals surface area contributed by atoms with Gasteiger partial charge in [-0.15, -0.1) is 0 Å². The topological polar surface area (TPSA) is 150 Å². The largest absolute Gasteiger partial charge is 0.478 e. The molecule has 0 radical (unpaired) electrons. The Kier molecular flexibility index (Phi) is 9.73. The van der Waals surface area contributed by atoms with Crippen molar-refractivity contribution >= 4 is 23.4 Å². The van der Waals surface area contributed by atoms with Crippen molar-refractivity contribution in [2.24, 2.45) is 45.4 Å². The zero-order valence-corrected chi connectivity index (χ0v) is 22.3. The summed E-state index contributed by atoms with van der Waals surface area (Å²) in [5.41, 5.74) is 6.32. The summed E-state index contributed by atoms with van der Waals surface area (Å²) in [6.07, 6.45) is 16.2. The molecule has 0 spiro atoms. The predicted molar refractivity (Wildman–Crippen MR) is 141 cm³/mol. The molecule has 0 aliphatic heterocycles. The first-order valence-electron chi connectivity index (χ1n) is 13.9. The van der Waals surface area contributed by atoms with Crippen LogP contribution in [0.3, 0.4) is 0 Å². The van der Waals surface area contributed by atoms with Gasteiger partial charge in [0.25, 0.3) is 0 Å². The second-order valence-corrected chi connectivity index (χ2v) is 11.8. The predicted octanol–water partition coefficient (Wildman–Crippen LogP) is 5.20. The van der Waals surface area contributed by atoms with E-state index in [1.165, 1.54) is 38.2 Å². The summed E-state index contributed by atoms with van der Waals surface area (Å²) in [4.78, 5) is 33.3. The third-order valence-corrected chi connectivity index (χ3v) is 9.87. The number of allylic oxidation sites excluding steroid dienone is 1. The molecule has 4 aliphatic rings. The van der Waals surface area contributed by atoms with Crippen molar-refractivity contribution in [2.45, 2.75) is 90.9 Å². The molecular formula is C29H44N2O6. The molecule has 0 bridgehead atoms. The lowest BCUT2D eigenvalue weighted by Gasteiger charge is -2.59. The van der Waals surface area contributed by atoms with Crippen LogP contribution in [0, 0.1) is 34.5 Å². The molecule has 37 heavy (non-hydrogen) atoms. The lowest BCUT2D eigenvalue weighted by Crippen LogP contribution is -2.55. The number of fused-ring (bicyclic) bond motifs is 5. The highest BCUT2D eigenvalue weighted by molar-refractivity contribution is 5.97. The Balaban J connectivity index is 0.000000225. The number of oxime groups is 1. The first-order chi connectivity index (χ1) is 17.6. The van der Waals surface area contributed by atoms with E-state index in [1.54, 1.807) is 6.08 Å². The molecule has 8 nitrogen and oxygen atoms in total. The molecule has 4 saturated carbocycles. The van der Waals surface area contributed by atoms with Crippen molar-refractivity contribution in [3.63, 3.8) is 0 Å². The highest BCUT2D eigenvalue weighted by Crippen LogP contribution is 2.64. The monoisotopic (exact) mass is 516 g/mol. The van der Waals surface area contributed by atoms with Crippen LogP contribution in [0.15, 0.2) is 29.0 Å². The van der Waals surface area contributed by atoms with E-state index < -0.39 is 11.9 Å². The van der Waals surface area contributed by atoms with Gasteiger partial charge in [-0.1, -0.05) is 44.0 Å². The van der Waals surface area contributed by atoms with Gasteiger partial charge in [-0.05, 0) is 87.5 Å². The number of carbonyl (C=O) groups is 3. The fourth-order valence-electron chi connectivity index (χ4n) is 7.94. The number of ketones is 1. The van der Waals surface area contributed by atoms with Crippen LogP contribution < -0.4 is 5.73 Å². The highest BCUT2D eigenvalue weighted by atomic mass is 16.4. The van der Waals surface area contributed by atoms with Crippen molar-refractivity contribution in [2.75, 3.05) is 6.54 Å². The lowest BCUT2D eigenvalue weighted by atomic mass is 9.45. The molecular weight excluding hydrogens is 472 g/mol. The van der Waals surface area contributed by atoms with Crippen molar-refractivity contribution in [1.29, 1.82) is 0 Å². The molecule has 0 heterocycles. The van der Waals surface area contributed by atoms with Crippen LogP contribution in [0.1, 0.15) is 90.9 Å². The van der Waals surface area contributed by atoms with Crippen molar-refractivity contribution in [1.82, 2.24) is 0 Å². The highest BCUT2D eigenvalue weighted by Gasteiger charge is 2.61. The molecule has 4 aliphatic carbocycles. The molecule has 4 rings (SSSR count). The maximum Gasteiger partial charge on any atom is 0.335 e. The number of rotatable bonds is 7. The number of nitrogens with zero attached hydrogens (tertiary/aromatic N) is 1. The summed E-state index contributed by atoms with van der Waals surface area (Å²) in [6.45, 7) is 5.27. The molecule has 0 aromatic rings. The van der Waals surface area contributed by atoms with Crippen LogP contribution >= 0.6 is 0 Å². The van der Waals surface area contributed by atoms with Gasteiger partial charge in [-0.2, -0.15) is 0 Å². The number of carboxylic acid groups (broad SMARTS) is 2. The van der Waals surface area contributed by atoms with Crippen molar-refractivity contribution in [3.8, 4) is 0 Å². The first-order valence-corrected chi connectivity index (χ1v) is 13.9. The summed E-state index contributed by atoms with van der Waals surface area (Å²) < 4.78 is 0. The van der Waals surface area contributed by atoms with Crippen molar-refractivity contribution in [3.05, 3.63) is 23.8 Å². The van der Waals surface area contributed by atoms with Gasteiger partial charge in [-0.25, -0.2) is 9.59 Å². The Labute approximate surface area is 220 Å². The van der Waals surface area contributed by atoms with Gasteiger partial charge in [0.15, 0.2) is 0 Å². The minimum absolute atomic E-state index is 0.0837. The second-order valence-electron chi connectivity index (χ2n) is 11.8. The lowest BCUT2D eigenvalue weighted by molar-refractivity contribution is -0.134. The Morgan fingerprint density at radius 2 is 1.84 bits per heavy atom. The van der Waals surface area contributed by atoms with E-state index in [0.29, 0.717) is 48.0 Å². The van der Waals surface area contributed by atoms with Crippen LogP contribution in [-0.4, -0.2) is 45.4 Å². The quantitative estimate of drug-likeness (QED) is 0.119. The number of Topliss-reactive ketones (excluding diaryl/α,β-unsaturated/α-hetero) is 1. The summed E-state index contributed by atoms with van der Waals surface area (Å²) in [5.74, 6) is 0.285. The summed E-state index contributed by atoms with van der Waals surface area (Å²) in [6, 6.07) is 0. The second kappa shape index (κ2) is 12.4. The number of carboxylic acids is 2. The van der Waals surface area contributed by atoms with Gasteiger partial charge in [-0.3, -0.25) is 4.79 Å². The number of aliphatic carboxylic acids is 2. The molecule has 1 unspecified atom stereocenters. The smallest absolute Gasteiger partial charge is 0.335 e. The molecule has 5 N–H and O–H groups in total. The molecule has 6 atom stereocenters. The van der Waals surface area contributed by atoms with Gasteiger partial charge >= 0.3 is 11.9 Å². The Morgan fingerprint density at radius 1 is 1.08 bits per heavy atom. The van der Waals surface area contributed by atoms with E-state index in [-0.39, 0.29) is 11.0 Å². The number of carbonyl (C=O) groups excluding carboxylic acids is 1. The number of hydrogen-bond donors (Lipinski definition) is 4. The zero-order chi connectivity index (χ0) is 27.2. The number of nitrogens with two attached hydrogens (primary N) is 1. The molecule has 0 saturated heterocycles. The van der Waals surface area contributed by atoms with E-state index in [4.69, 9.17) is 15.9 Å². The van der Waals surface area contributed by atoms with E-state index in [2.05, 4.69) is 19.0 Å². The molecule has 206 valence electrons. The molecule has 0 amide bonds. The normalized spacial score (nSPS) is 36.4. The maximum absolute atomic E-state index is 12.4. The number of hydrogen-bond acceptors (Lipinski definition) is 6. The summed E-state index contributed by atoms with van der Waals surface area (Å²) in [7, 11) is 0. The third kappa shape index (κ3) is 6.16. The van der Waals surface area contributed by atoms with Crippen LogP contribution in [0.5, 0.6) is 0 Å². The van der Waals surface area contributed by atoms with Crippen LogP contribution in [0.4, 0.5) is 0 Å². The average Bonchev–Trinajstić information content (AvgIpc) is 3.17. The van der Waals surface area contributed by atoms with E-state index in [1.807, 2.05) is 0 Å². The van der Waals surface area contributed by atoms with Gasteiger partial charge < -0.3 is 21.2 Å². The fourth-order valence-corrected chi connectivity index (χ4v) is 7.94. The third-order valence-electron chi connectivity index (χ3n) is 9.87. The fraction of sp³-hybridized carbons (Fsp3) is 0.724. The van der Waals surface area contributed by atoms with Gasteiger partial charge in [0, 0.05) is 23.8 Å². The average molecular weight is 517 g/mol. The van der Waals surface area contributed by atoms with E-state index in [0.717, 1.165) is 50.2 Å². The summed E-state index contributed by atoms with van der Waals surface area (Å²) in [5, 5.41) is 30.4. The first kappa shape index (κ1) is 29.1. The van der Waals surface area contributed by atoms with Crippen LogP contribution in [0.2, 0.25) is 0 Å². The van der Waals surface area contributed by atoms with Crippen molar-refractivity contribution < 1.29 is 29.8 Å². The Morgan fingerprint density at radius 3 is 2.49 bits per heavy atom. The van der Waals surface area contributed by atoms with Gasteiger partial charge in [0.05, 0.1) is 11.3 Å². The molecule has 4 fully saturated rings. The summed E-state index contributed by atoms with van der Waals surface area (Å²) >= 11 is 0. The zero-order valence-electron chi connectivity index (χ0n) is 22.3. The van der Waals surface area contributed by atoms with E-state index in [9.17, 15) is 19.6 Å². The molecule has 0 aromatic carbocycles. The molecule has 0 aromatic heterocycles. The minimum Gasteiger partial charge on any atom is -0.478 e. The Bertz CT molecular complexity index is 956. The van der Waals surface area contributed by atoms with Gasteiger partial charge in [0.1, 0.15) is 5.78 Å². The van der Waals surface area contributed by atoms with Crippen LogP contribution in [0.25, 0.3) is 0 Å². The van der Waals surface area contributed by atoms with E-state index >= 15 is 0 Å². The SMILES string of the molecule is C[C@]12CCCCC1/C(=N/O)C[C@@H]1[C@@H]2CC[C@]2(C)C(=O)CC[C@@H]12.NCCCC/C=C\C(=C/C(=O)O)C(=O)O. The van der Waals surface area contributed by atoms with Gasteiger partial charge in [0.2, 0.25) is 0 Å². The standard InChI is InChI=1S/C19H29NO2.C10H15NO4/c1-18-9-4-3-5-15(18)16(20-22)11-12-13-6-7-17(21)19(13,2)10-8-14(12)18;11-6-4-2-1-3-5-8(10(14)15)7-9(12)13/h12-15,22H,3-11H2,1-2H3;3,5,7H,1-2,4,6,11H2,(H,12,13)(H,14,15)/b20-16+;5-3-,8-7+/t12-,13-,14-,15?,18+,19-;/m0./s1. The Hall–Kier alpha value is -2.48.